The van der Waals surface area contributed by atoms with E-state index in [2.05, 4.69) is 12.2 Å². The maximum Gasteiger partial charge on any atom is 0.226 e. The van der Waals surface area contributed by atoms with Gasteiger partial charge in [-0.25, -0.2) is 0 Å². The van der Waals surface area contributed by atoms with Crippen LogP contribution < -0.4 is 5.32 Å². The molecule has 4 bridgehead atoms. The first-order chi connectivity index (χ1) is 12.1. The van der Waals surface area contributed by atoms with Crippen molar-refractivity contribution >= 4 is 11.8 Å². The third kappa shape index (κ3) is 3.33. The summed E-state index contributed by atoms with van der Waals surface area (Å²) in [7, 11) is 0. The Bertz CT molecular complexity index is 489. The number of carbonyl (C=O) groups is 2. The molecule has 0 radical (unpaired) electrons. The van der Waals surface area contributed by atoms with Gasteiger partial charge in [-0.15, -0.1) is 0 Å². The zero-order chi connectivity index (χ0) is 17.4. The van der Waals surface area contributed by atoms with E-state index in [9.17, 15) is 9.59 Å². The predicted molar refractivity (Wildman–Crippen MR) is 97.9 cm³/mol. The molecular weight excluding hydrogens is 312 g/mol. The second-order valence-corrected chi connectivity index (χ2v) is 9.32. The van der Waals surface area contributed by atoms with Gasteiger partial charge in [0.1, 0.15) is 0 Å². The number of hydrogen-bond acceptors (Lipinski definition) is 2. The van der Waals surface area contributed by atoms with Gasteiger partial charge in [0.25, 0.3) is 0 Å². The van der Waals surface area contributed by atoms with Crippen molar-refractivity contribution in [3.05, 3.63) is 0 Å². The molecule has 5 aliphatic rings. The first-order valence-electron chi connectivity index (χ1n) is 10.7. The minimum Gasteiger partial charge on any atom is -0.355 e. The highest BCUT2D eigenvalue weighted by molar-refractivity contribution is 5.84. The quantitative estimate of drug-likeness (QED) is 0.800. The Hall–Kier alpha value is -1.06. The van der Waals surface area contributed by atoms with Gasteiger partial charge in [-0.2, -0.15) is 0 Å². The first-order valence-corrected chi connectivity index (χ1v) is 10.7. The van der Waals surface area contributed by atoms with Crippen LogP contribution in [0.5, 0.6) is 0 Å². The Balaban J connectivity index is 1.28. The highest BCUT2D eigenvalue weighted by Crippen LogP contribution is 2.60. The summed E-state index contributed by atoms with van der Waals surface area (Å²) in [6.07, 6.45) is 12.6. The van der Waals surface area contributed by atoms with Crippen molar-refractivity contribution in [1.29, 1.82) is 0 Å². The molecule has 0 spiro atoms. The molecule has 4 heteroatoms. The largest absolute Gasteiger partial charge is 0.355 e. The number of nitrogens with zero attached hydrogens (tertiary/aromatic N) is 1. The van der Waals surface area contributed by atoms with Gasteiger partial charge in [0.15, 0.2) is 0 Å². The monoisotopic (exact) mass is 346 g/mol. The Kier molecular flexibility index (Phi) is 4.81. The van der Waals surface area contributed by atoms with Crippen molar-refractivity contribution in [3.63, 3.8) is 0 Å². The Morgan fingerprint density at radius 3 is 2.08 bits per heavy atom. The van der Waals surface area contributed by atoms with Crippen LogP contribution in [-0.2, 0) is 9.59 Å². The van der Waals surface area contributed by atoms with Gasteiger partial charge in [-0.3, -0.25) is 9.59 Å². The molecule has 1 N–H and O–H groups in total. The molecule has 2 amide bonds. The Morgan fingerprint density at radius 1 is 1.00 bits per heavy atom. The fourth-order valence-electron chi connectivity index (χ4n) is 6.86. The zero-order valence-corrected chi connectivity index (χ0v) is 15.8. The van der Waals surface area contributed by atoms with Crippen LogP contribution in [0, 0.1) is 23.2 Å². The highest BCUT2D eigenvalue weighted by atomic mass is 16.2. The molecule has 5 aliphatic carbocycles. The molecule has 0 heterocycles. The standard InChI is InChI=1S/C21H34N2O2/c1-2-23(18-5-3-4-6-18)19(24)7-8-22-20(25)21-12-15-9-16(13-21)11-17(10-15)14-21/h15-18H,2-14H2,1H3,(H,22,25). The normalized spacial score (nSPS) is 36.6. The molecule has 0 atom stereocenters. The van der Waals surface area contributed by atoms with Crippen molar-refractivity contribution in [3.8, 4) is 0 Å². The van der Waals surface area contributed by atoms with Gasteiger partial charge >= 0.3 is 0 Å². The van der Waals surface area contributed by atoms with E-state index in [0.717, 1.165) is 56.4 Å². The van der Waals surface area contributed by atoms with E-state index >= 15 is 0 Å². The van der Waals surface area contributed by atoms with E-state index < -0.39 is 0 Å². The van der Waals surface area contributed by atoms with Crippen molar-refractivity contribution in [2.45, 2.75) is 83.6 Å². The van der Waals surface area contributed by atoms with E-state index in [4.69, 9.17) is 0 Å². The maximum absolute atomic E-state index is 12.9. The third-order valence-electron chi connectivity index (χ3n) is 7.57. The summed E-state index contributed by atoms with van der Waals surface area (Å²) in [4.78, 5) is 27.5. The molecule has 0 aromatic carbocycles. The van der Waals surface area contributed by atoms with Gasteiger partial charge in [0.05, 0.1) is 0 Å². The van der Waals surface area contributed by atoms with Gasteiger partial charge < -0.3 is 10.2 Å². The number of amides is 2. The van der Waals surface area contributed by atoms with Crippen molar-refractivity contribution < 1.29 is 9.59 Å². The van der Waals surface area contributed by atoms with Crippen LogP contribution in [0.2, 0.25) is 0 Å². The summed E-state index contributed by atoms with van der Waals surface area (Å²) >= 11 is 0. The van der Waals surface area contributed by atoms with Gasteiger partial charge in [0, 0.05) is 31.0 Å². The van der Waals surface area contributed by atoms with Crippen LogP contribution in [0.25, 0.3) is 0 Å². The van der Waals surface area contributed by atoms with Gasteiger partial charge in [-0.05, 0) is 76.0 Å². The number of rotatable bonds is 6. The summed E-state index contributed by atoms with van der Waals surface area (Å²) in [5.41, 5.74) is -0.0896. The topological polar surface area (TPSA) is 49.4 Å². The fraction of sp³-hybridized carbons (Fsp3) is 0.905. The summed E-state index contributed by atoms with van der Waals surface area (Å²) in [6, 6.07) is 0.441. The Morgan fingerprint density at radius 2 is 1.56 bits per heavy atom. The van der Waals surface area contributed by atoms with Crippen LogP contribution in [0.15, 0.2) is 0 Å². The Labute approximate surface area is 152 Å². The van der Waals surface area contributed by atoms with Crippen LogP contribution >= 0.6 is 0 Å². The highest BCUT2D eigenvalue weighted by Gasteiger charge is 2.54. The van der Waals surface area contributed by atoms with Crippen LogP contribution in [0.3, 0.4) is 0 Å². The second-order valence-electron chi connectivity index (χ2n) is 9.32. The SMILES string of the molecule is CCN(C(=O)CCNC(=O)C12CC3CC(CC(C3)C1)C2)C1CCCC1. The van der Waals surface area contributed by atoms with E-state index in [0.29, 0.717) is 19.0 Å². The number of nitrogens with one attached hydrogen (secondary N) is 1. The lowest BCUT2D eigenvalue weighted by Gasteiger charge is -2.55. The predicted octanol–water partition coefficient (Wildman–Crippen LogP) is 3.50. The lowest BCUT2D eigenvalue weighted by atomic mass is 9.49. The minimum atomic E-state index is -0.0896. The molecule has 4 nitrogen and oxygen atoms in total. The molecule has 5 rings (SSSR count). The van der Waals surface area contributed by atoms with E-state index in [-0.39, 0.29) is 17.2 Å². The average molecular weight is 347 g/mol. The summed E-state index contributed by atoms with van der Waals surface area (Å²) in [6.45, 7) is 3.39. The van der Waals surface area contributed by atoms with Crippen LogP contribution in [0.4, 0.5) is 0 Å². The molecule has 0 aromatic rings. The van der Waals surface area contributed by atoms with Crippen molar-refractivity contribution in [2.24, 2.45) is 23.2 Å². The third-order valence-corrected chi connectivity index (χ3v) is 7.57. The molecule has 25 heavy (non-hydrogen) atoms. The second kappa shape index (κ2) is 6.92. The molecular formula is C21H34N2O2. The molecule has 140 valence electrons. The molecule has 5 fully saturated rings. The van der Waals surface area contributed by atoms with Crippen LogP contribution in [-0.4, -0.2) is 35.8 Å². The lowest BCUT2D eigenvalue weighted by molar-refractivity contribution is -0.146. The maximum atomic E-state index is 12.9. The summed E-state index contributed by atoms with van der Waals surface area (Å²) in [5, 5.41) is 3.15. The van der Waals surface area contributed by atoms with Gasteiger partial charge in [0.2, 0.25) is 11.8 Å². The van der Waals surface area contributed by atoms with E-state index in [1.165, 1.54) is 32.1 Å². The smallest absolute Gasteiger partial charge is 0.226 e. The minimum absolute atomic E-state index is 0.0896. The summed E-state index contributed by atoms with van der Waals surface area (Å²) < 4.78 is 0. The molecule has 0 unspecified atom stereocenters. The fourth-order valence-corrected chi connectivity index (χ4v) is 6.86. The van der Waals surface area contributed by atoms with E-state index in [1.54, 1.807) is 0 Å². The lowest BCUT2D eigenvalue weighted by Crippen LogP contribution is -2.54. The molecule has 0 saturated heterocycles. The molecule has 0 aromatic heterocycles. The molecule has 0 aliphatic heterocycles. The molecule has 5 saturated carbocycles. The van der Waals surface area contributed by atoms with Crippen molar-refractivity contribution in [2.75, 3.05) is 13.1 Å². The number of hydrogen-bond donors (Lipinski definition) is 1. The average Bonchev–Trinajstić information content (AvgIpc) is 3.08. The van der Waals surface area contributed by atoms with Crippen LogP contribution in [0.1, 0.15) is 77.6 Å². The van der Waals surface area contributed by atoms with Gasteiger partial charge in [-0.1, -0.05) is 12.8 Å². The zero-order valence-electron chi connectivity index (χ0n) is 15.8. The number of carbonyl (C=O) groups excluding carboxylic acids is 2. The van der Waals surface area contributed by atoms with Crippen molar-refractivity contribution in [1.82, 2.24) is 10.2 Å². The summed E-state index contributed by atoms with van der Waals surface area (Å²) in [5.74, 6) is 2.84. The van der Waals surface area contributed by atoms with E-state index in [1.807, 2.05) is 4.90 Å². The first kappa shape index (κ1) is 17.4.